The van der Waals surface area contributed by atoms with E-state index in [0.717, 1.165) is 17.8 Å². The Labute approximate surface area is 82.0 Å². The van der Waals surface area contributed by atoms with E-state index in [9.17, 15) is 13.2 Å². The summed E-state index contributed by atoms with van der Waals surface area (Å²) in [5, 5.41) is 6.69. The molecule has 0 unspecified atom stereocenters. The minimum absolute atomic E-state index is 0.130. The van der Waals surface area contributed by atoms with Crippen LogP contribution in [-0.4, -0.2) is 5.17 Å². The van der Waals surface area contributed by atoms with E-state index in [2.05, 4.69) is 4.42 Å². The molecule has 0 fully saturated rings. The Morgan fingerprint density at radius 3 is 2.57 bits per heavy atom. The minimum atomic E-state index is -4.46. The maximum absolute atomic E-state index is 12.0. The van der Waals surface area contributed by atoms with Gasteiger partial charge in [-0.25, -0.2) is 0 Å². The average Bonchev–Trinajstić information content (AvgIpc) is 2.47. The van der Waals surface area contributed by atoms with E-state index in [4.69, 9.17) is 11.1 Å². The van der Waals surface area contributed by atoms with Gasteiger partial charge in [0.15, 0.2) is 5.17 Å². The molecule has 0 saturated carbocycles. The maximum Gasteiger partial charge on any atom is 0.449 e. The van der Waals surface area contributed by atoms with Crippen LogP contribution in [0.25, 0.3) is 0 Å². The third kappa shape index (κ3) is 2.99. The van der Waals surface area contributed by atoms with Gasteiger partial charge in [0.1, 0.15) is 5.76 Å². The third-order valence-electron chi connectivity index (χ3n) is 1.31. The van der Waals surface area contributed by atoms with E-state index in [1.165, 1.54) is 6.07 Å². The van der Waals surface area contributed by atoms with Crippen molar-refractivity contribution in [2.24, 2.45) is 5.73 Å². The lowest BCUT2D eigenvalue weighted by atomic mass is 10.4. The zero-order valence-corrected chi connectivity index (χ0v) is 7.71. The molecule has 3 N–H and O–H groups in total. The summed E-state index contributed by atoms with van der Waals surface area (Å²) in [5.74, 6) is -0.750. The largest absolute Gasteiger partial charge is 0.456 e. The zero-order chi connectivity index (χ0) is 10.8. The highest BCUT2D eigenvalue weighted by Gasteiger charge is 2.34. The number of rotatable bonds is 2. The molecule has 0 aliphatic heterocycles. The van der Waals surface area contributed by atoms with Crippen LogP contribution in [0.4, 0.5) is 13.2 Å². The first-order valence-electron chi connectivity index (χ1n) is 3.52. The third-order valence-corrected chi connectivity index (χ3v) is 2.05. The number of nitrogens with two attached hydrogens (primary N) is 1. The van der Waals surface area contributed by atoms with Gasteiger partial charge in [-0.3, -0.25) is 5.41 Å². The fourth-order valence-corrected chi connectivity index (χ4v) is 1.21. The molecule has 0 spiro atoms. The summed E-state index contributed by atoms with van der Waals surface area (Å²) >= 11 is 0.908. The number of nitrogens with one attached hydrogen (secondary N) is 1. The number of alkyl halides is 3. The molecule has 1 heterocycles. The lowest BCUT2D eigenvalue weighted by molar-refractivity contribution is -0.153. The summed E-state index contributed by atoms with van der Waals surface area (Å²) < 4.78 is 40.6. The van der Waals surface area contributed by atoms with Gasteiger partial charge in [-0.1, -0.05) is 11.8 Å². The molecule has 1 rings (SSSR count). The van der Waals surface area contributed by atoms with E-state index in [-0.39, 0.29) is 16.7 Å². The van der Waals surface area contributed by atoms with Crippen molar-refractivity contribution in [1.82, 2.24) is 0 Å². The van der Waals surface area contributed by atoms with Gasteiger partial charge < -0.3 is 10.2 Å². The van der Waals surface area contributed by atoms with Crippen LogP contribution >= 0.6 is 11.8 Å². The van der Waals surface area contributed by atoms with Gasteiger partial charge in [-0.05, 0) is 12.1 Å². The van der Waals surface area contributed by atoms with Crippen LogP contribution in [0.2, 0.25) is 0 Å². The normalized spacial score (nSPS) is 11.6. The molecule has 0 aliphatic carbocycles. The van der Waals surface area contributed by atoms with E-state index in [1.807, 2.05) is 0 Å². The van der Waals surface area contributed by atoms with Crippen molar-refractivity contribution in [3.05, 3.63) is 23.7 Å². The van der Waals surface area contributed by atoms with E-state index >= 15 is 0 Å². The highest BCUT2D eigenvalue weighted by molar-refractivity contribution is 8.13. The Morgan fingerprint density at radius 1 is 1.50 bits per heavy atom. The molecule has 0 bridgehead atoms. The Bertz CT molecular complexity index is 334. The number of hydrogen-bond donors (Lipinski definition) is 2. The number of halogens is 3. The predicted octanol–water partition coefficient (Wildman–Crippen LogP) is 2.43. The minimum Gasteiger partial charge on any atom is -0.456 e. The molecule has 1 aromatic rings. The topological polar surface area (TPSA) is 63.0 Å². The number of hydrogen-bond acceptors (Lipinski definition) is 3. The molecule has 0 aromatic carbocycles. The number of thioether (sulfide) groups is 1. The molecule has 0 radical (unpaired) electrons. The van der Waals surface area contributed by atoms with E-state index in [1.54, 1.807) is 0 Å². The molecular weight excluding hydrogens is 217 g/mol. The smallest absolute Gasteiger partial charge is 0.449 e. The van der Waals surface area contributed by atoms with Crippen molar-refractivity contribution in [2.75, 3.05) is 0 Å². The molecule has 7 heteroatoms. The van der Waals surface area contributed by atoms with Crippen molar-refractivity contribution in [3.8, 4) is 0 Å². The van der Waals surface area contributed by atoms with Crippen molar-refractivity contribution in [3.63, 3.8) is 0 Å². The summed E-state index contributed by atoms with van der Waals surface area (Å²) in [4.78, 5) is 0. The van der Waals surface area contributed by atoms with Gasteiger partial charge in [0.2, 0.25) is 5.76 Å². The highest BCUT2D eigenvalue weighted by atomic mass is 32.2. The van der Waals surface area contributed by atoms with Gasteiger partial charge in [-0.2, -0.15) is 13.2 Å². The first-order chi connectivity index (χ1) is 6.39. The van der Waals surface area contributed by atoms with Gasteiger partial charge >= 0.3 is 6.18 Å². The lowest BCUT2D eigenvalue weighted by Crippen LogP contribution is -2.04. The van der Waals surface area contributed by atoms with Gasteiger partial charge in [0.25, 0.3) is 0 Å². The molecule has 3 nitrogen and oxygen atoms in total. The van der Waals surface area contributed by atoms with Crippen LogP contribution in [-0.2, 0) is 11.9 Å². The van der Waals surface area contributed by atoms with Gasteiger partial charge in [0.05, 0.1) is 5.75 Å². The molecule has 1 aromatic heterocycles. The van der Waals surface area contributed by atoms with Crippen molar-refractivity contribution < 1.29 is 17.6 Å². The monoisotopic (exact) mass is 224 g/mol. The Balaban J connectivity index is 2.64. The molecule has 0 amide bonds. The zero-order valence-electron chi connectivity index (χ0n) is 6.89. The summed E-state index contributed by atoms with van der Waals surface area (Å²) in [6.07, 6.45) is -4.46. The van der Waals surface area contributed by atoms with E-state index < -0.39 is 11.9 Å². The van der Waals surface area contributed by atoms with Gasteiger partial charge in [0, 0.05) is 0 Å². The van der Waals surface area contributed by atoms with E-state index in [0.29, 0.717) is 0 Å². The second kappa shape index (κ2) is 3.95. The van der Waals surface area contributed by atoms with Crippen LogP contribution in [0.5, 0.6) is 0 Å². The standard InChI is InChI=1S/C7H7F3N2OS/c8-7(9,10)5-2-1-4(13-5)3-14-6(11)12/h1-2H,3H2,(H3,11,12). The molecule has 0 aliphatic rings. The fourth-order valence-electron chi connectivity index (χ4n) is 0.757. The Kier molecular flexibility index (Phi) is 3.10. The SMILES string of the molecule is N=C(N)SCc1ccc(C(F)(F)F)o1. The highest BCUT2D eigenvalue weighted by Crippen LogP contribution is 2.31. The van der Waals surface area contributed by atoms with Crippen molar-refractivity contribution in [2.45, 2.75) is 11.9 Å². The van der Waals surface area contributed by atoms with Crippen molar-refractivity contribution in [1.29, 1.82) is 5.41 Å². The maximum atomic E-state index is 12.0. The van der Waals surface area contributed by atoms with Crippen LogP contribution < -0.4 is 5.73 Å². The van der Waals surface area contributed by atoms with Crippen LogP contribution in [0.3, 0.4) is 0 Å². The molecule has 14 heavy (non-hydrogen) atoms. The summed E-state index contributed by atoms with van der Waals surface area (Å²) in [6, 6.07) is 2.08. The summed E-state index contributed by atoms with van der Waals surface area (Å²) in [6.45, 7) is 0. The second-order valence-electron chi connectivity index (χ2n) is 2.42. The quantitative estimate of drug-likeness (QED) is 0.599. The second-order valence-corrected chi connectivity index (χ2v) is 3.43. The Hall–Kier alpha value is -1.11. The molecular formula is C7H7F3N2OS. The van der Waals surface area contributed by atoms with Crippen molar-refractivity contribution >= 4 is 16.9 Å². The molecule has 78 valence electrons. The van der Waals surface area contributed by atoms with Crippen LogP contribution in [0.1, 0.15) is 11.5 Å². The molecule has 0 saturated heterocycles. The summed E-state index contributed by atoms with van der Waals surface area (Å²) in [5.41, 5.74) is 5.02. The fraction of sp³-hybridized carbons (Fsp3) is 0.286. The van der Waals surface area contributed by atoms with Crippen LogP contribution in [0.15, 0.2) is 16.5 Å². The van der Waals surface area contributed by atoms with Crippen LogP contribution in [0, 0.1) is 5.41 Å². The van der Waals surface area contributed by atoms with Gasteiger partial charge in [-0.15, -0.1) is 0 Å². The first-order valence-corrected chi connectivity index (χ1v) is 4.51. The number of amidine groups is 1. The average molecular weight is 224 g/mol. The number of furan rings is 1. The Morgan fingerprint density at radius 2 is 2.14 bits per heavy atom. The first kappa shape index (κ1) is 11.0. The lowest BCUT2D eigenvalue weighted by Gasteiger charge is -2.00. The predicted molar refractivity (Wildman–Crippen MR) is 46.9 cm³/mol. The molecule has 0 atom stereocenters. The summed E-state index contributed by atoms with van der Waals surface area (Å²) in [7, 11) is 0.